The Morgan fingerprint density at radius 3 is 1.97 bits per heavy atom. The quantitative estimate of drug-likeness (QED) is 0.309. The number of nitrogens with zero attached hydrogens (tertiary/aromatic N) is 1. The second kappa shape index (κ2) is 11.6. The number of hydrogen-bond donors (Lipinski definition) is 1. The minimum Gasteiger partial charge on any atom is -0.354 e. The minimum absolute atomic E-state index is 0.156. The Kier molecular flexibility index (Phi) is 8.88. The number of hydrogen-bond acceptors (Lipinski definition) is 5. The topological polar surface area (TPSA) is 66.5 Å². The van der Waals surface area contributed by atoms with E-state index in [1.807, 2.05) is 32.2 Å². The van der Waals surface area contributed by atoms with Crippen LogP contribution in [0.4, 0.5) is 5.69 Å². The molecule has 0 saturated carbocycles. The number of benzene rings is 3. The number of thioether (sulfide) groups is 2. The van der Waals surface area contributed by atoms with Gasteiger partial charge in [-0.25, -0.2) is 8.42 Å². The molecule has 0 atom stereocenters. The predicted molar refractivity (Wildman–Crippen MR) is 139 cm³/mol. The maximum absolute atomic E-state index is 13.4. The second-order valence-corrected chi connectivity index (χ2v) is 11.4. The Morgan fingerprint density at radius 2 is 1.39 bits per heavy atom. The summed E-state index contributed by atoms with van der Waals surface area (Å²) in [7, 11) is -3.91. The summed E-state index contributed by atoms with van der Waals surface area (Å²) < 4.78 is 28.0. The van der Waals surface area contributed by atoms with Gasteiger partial charge in [0.15, 0.2) is 0 Å². The van der Waals surface area contributed by atoms with Crippen LogP contribution < -0.4 is 9.62 Å². The maximum Gasteiger partial charge on any atom is 0.264 e. The largest absolute Gasteiger partial charge is 0.354 e. The van der Waals surface area contributed by atoms with E-state index < -0.39 is 10.0 Å². The Hall–Kier alpha value is -2.42. The lowest BCUT2D eigenvalue weighted by Gasteiger charge is -2.24. The third-order valence-corrected chi connectivity index (χ3v) is 8.52. The summed E-state index contributed by atoms with van der Waals surface area (Å²) in [6, 6.07) is 22.0. The highest BCUT2D eigenvalue weighted by Crippen LogP contribution is 2.26. The van der Waals surface area contributed by atoms with Crippen LogP contribution in [0.25, 0.3) is 0 Å². The van der Waals surface area contributed by atoms with Crippen LogP contribution in [0.3, 0.4) is 0 Å². The Balaban J connectivity index is 1.70. The summed E-state index contributed by atoms with van der Waals surface area (Å²) in [5.41, 5.74) is 2.67. The minimum atomic E-state index is -3.91. The molecule has 8 heteroatoms. The zero-order valence-electron chi connectivity index (χ0n) is 18.9. The molecule has 0 spiro atoms. The molecule has 0 fully saturated rings. The van der Waals surface area contributed by atoms with Crippen LogP contribution in [0, 0.1) is 13.8 Å². The molecule has 5 nitrogen and oxygen atoms in total. The zero-order chi connectivity index (χ0) is 23.8. The number of aryl methyl sites for hydroxylation is 2. The molecule has 0 aromatic heterocycles. The van der Waals surface area contributed by atoms with Crippen LogP contribution in [0.1, 0.15) is 11.1 Å². The average molecular weight is 501 g/mol. The van der Waals surface area contributed by atoms with Crippen LogP contribution in [0.5, 0.6) is 0 Å². The maximum atomic E-state index is 13.4. The van der Waals surface area contributed by atoms with E-state index in [2.05, 4.69) is 29.6 Å². The molecule has 1 amide bonds. The molecule has 33 heavy (non-hydrogen) atoms. The summed E-state index contributed by atoms with van der Waals surface area (Å²) >= 11 is 3.19. The Morgan fingerprint density at radius 1 is 0.848 bits per heavy atom. The first-order chi connectivity index (χ1) is 15.8. The fourth-order valence-electron chi connectivity index (χ4n) is 3.08. The van der Waals surface area contributed by atoms with E-state index in [4.69, 9.17) is 0 Å². The number of rotatable bonds is 10. The highest BCUT2D eigenvalue weighted by molar-refractivity contribution is 7.99. The van der Waals surface area contributed by atoms with E-state index in [1.165, 1.54) is 9.87 Å². The third kappa shape index (κ3) is 7.03. The lowest BCUT2D eigenvalue weighted by atomic mass is 10.2. The average Bonchev–Trinajstić information content (AvgIpc) is 2.82. The van der Waals surface area contributed by atoms with Crippen molar-refractivity contribution in [1.29, 1.82) is 0 Å². The van der Waals surface area contributed by atoms with Crippen LogP contribution in [0.15, 0.2) is 87.5 Å². The van der Waals surface area contributed by atoms with Crippen molar-refractivity contribution < 1.29 is 13.2 Å². The Labute approximate surface area is 205 Å². The van der Waals surface area contributed by atoms with Gasteiger partial charge in [0.1, 0.15) is 6.54 Å². The van der Waals surface area contributed by atoms with Crippen LogP contribution in [-0.4, -0.2) is 39.4 Å². The lowest BCUT2D eigenvalue weighted by Crippen LogP contribution is -2.41. The van der Waals surface area contributed by atoms with Gasteiger partial charge in [0.05, 0.1) is 10.6 Å². The molecular weight excluding hydrogens is 472 g/mol. The lowest BCUT2D eigenvalue weighted by molar-refractivity contribution is -0.119. The van der Waals surface area contributed by atoms with Gasteiger partial charge in [-0.1, -0.05) is 35.4 Å². The van der Waals surface area contributed by atoms with E-state index >= 15 is 0 Å². The van der Waals surface area contributed by atoms with Gasteiger partial charge in [-0.2, -0.15) is 0 Å². The molecule has 3 rings (SSSR count). The van der Waals surface area contributed by atoms with Crippen molar-refractivity contribution in [2.45, 2.75) is 28.5 Å². The molecule has 0 bridgehead atoms. The first-order valence-electron chi connectivity index (χ1n) is 10.5. The van der Waals surface area contributed by atoms with E-state index in [0.29, 0.717) is 18.0 Å². The van der Waals surface area contributed by atoms with Crippen molar-refractivity contribution in [1.82, 2.24) is 5.32 Å². The molecule has 0 aliphatic carbocycles. The SMILES string of the molecule is CSc1ccc(S(=O)(=O)N(CC(=O)NCCSc2ccc(C)cc2)c2ccc(C)cc2)cc1. The number of sulfonamides is 1. The fraction of sp³-hybridized carbons (Fsp3) is 0.240. The molecule has 0 aliphatic heterocycles. The van der Waals surface area contributed by atoms with Gasteiger partial charge in [-0.05, 0) is 68.6 Å². The number of nitrogens with one attached hydrogen (secondary N) is 1. The van der Waals surface area contributed by atoms with Crippen LogP contribution >= 0.6 is 23.5 Å². The molecule has 1 N–H and O–H groups in total. The summed E-state index contributed by atoms with van der Waals surface area (Å²) in [6.45, 7) is 4.13. The summed E-state index contributed by atoms with van der Waals surface area (Å²) in [5.74, 6) is 0.353. The van der Waals surface area contributed by atoms with E-state index in [1.54, 1.807) is 59.9 Å². The van der Waals surface area contributed by atoms with Crippen molar-refractivity contribution in [2.24, 2.45) is 0 Å². The number of carbonyl (C=O) groups is 1. The number of amides is 1. The zero-order valence-corrected chi connectivity index (χ0v) is 21.4. The van der Waals surface area contributed by atoms with Crippen molar-refractivity contribution in [3.8, 4) is 0 Å². The standard InChI is InChI=1S/C25H28N2O3S3/c1-19-4-8-21(9-5-19)27(33(29,30)24-14-12-22(31-3)13-15-24)18-25(28)26-16-17-32-23-10-6-20(2)7-11-23/h4-15H,16-18H2,1-3H3,(H,26,28). The summed E-state index contributed by atoms with van der Waals surface area (Å²) in [5, 5.41) is 2.85. The van der Waals surface area contributed by atoms with E-state index in [-0.39, 0.29) is 17.3 Å². The van der Waals surface area contributed by atoms with Gasteiger partial charge in [-0.3, -0.25) is 9.10 Å². The molecule has 0 radical (unpaired) electrons. The number of anilines is 1. The van der Waals surface area contributed by atoms with Crippen molar-refractivity contribution >= 4 is 45.1 Å². The number of carbonyl (C=O) groups excluding carboxylic acids is 1. The summed E-state index contributed by atoms with van der Waals surface area (Å²) in [4.78, 5) is 15.0. The molecule has 0 heterocycles. The van der Waals surface area contributed by atoms with Crippen molar-refractivity contribution in [2.75, 3.05) is 29.4 Å². The van der Waals surface area contributed by atoms with E-state index in [0.717, 1.165) is 15.4 Å². The highest BCUT2D eigenvalue weighted by Gasteiger charge is 2.27. The van der Waals surface area contributed by atoms with Gasteiger partial charge >= 0.3 is 0 Å². The molecule has 3 aromatic carbocycles. The van der Waals surface area contributed by atoms with Crippen molar-refractivity contribution in [3.63, 3.8) is 0 Å². The monoisotopic (exact) mass is 500 g/mol. The first-order valence-corrected chi connectivity index (χ1v) is 14.1. The molecular formula is C25H28N2O3S3. The predicted octanol–water partition coefficient (Wildman–Crippen LogP) is 5.13. The smallest absolute Gasteiger partial charge is 0.264 e. The van der Waals surface area contributed by atoms with Gasteiger partial charge in [0.25, 0.3) is 10.0 Å². The van der Waals surface area contributed by atoms with Crippen molar-refractivity contribution in [3.05, 3.63) is 83.9 Å². The van der Waals surface area contributed by atoms with Crippen LogP contribution in [0.2, 0.25) is 0 Å². The van der Waals surface area contributed by atoms with Gasteiger partial charge in [0.2, 0.25) is 5.91 Å². The highest BCUT2D eigenvalue weighted by atomic mass is 32.2. The van der Waals surface area contributed by atoms with E-state index in [9.17, 15) is 13.2 Å². The second-order valence-electron chi connectivity index (χ2n) is 7.53. The molecule has 174 valence electrons. The summed E-state index contributed by atoms with van der Waals surface area (Å²) in [6.07, 6.45) is 1.93. The molecule has 3 aromatic rings. The third-order valence-electron chi connectivity index (χ3n) is 4.97. The van der Waals surface area contributed by atoms with Gasteiger partial charge in [0, 0.05) is 22.1 Å². The van der Waals surface area contributed by atoms with Crippen LogP contribution in [-0.2, 0) is 14.8 Å². The first kappa shape index (κ1) is 25.2. The molecule has 0 saturated heterocycles. The Bertz CT molecular complexity index is 1160. The normalized spacial score (nSPS) is 11.2. The molecule has 0 unspecified atom stereocenters. The fourth-order valence-corrected chi connectivity index (χ4v) is 5.68. The molecule has 0 aliphatic rings. The van der Waals surface area contributed by atoms with Gasteiger partial charge in [-0.15, -0.1) is 23.5 Å². The van der Waals surface area contributed by atoms with Gasteiger partial charge < -0.3 is 5.32 Å².